The van der Waals surface area contributed by atoms with Crippen molar-refractivity contribution in [3.05, 3.63) is 135 Å². The molecule has 0 spiro atoms. The molecule has 0 atom stereocenters. The van der Waals surface area contributed by atoms with Crippen LogP contribution in [0.3, 0.4) is 0 Å². The Hall–Kier alpha value is -5.26. The zero-order chi connectivity index (χ0) is 32.9. The highest BCUT2D eigenvalue weighted by atomic mass is 35.5. The molecule has 4 aromatic carbocycles. The normalized spacial score (nSPS) is 13.0. The highest BCUT2D eigenvalue weighted by molar-refractivity contribution is 7.92. The van der Waals surface area contributed by atoms with Crippen LogP contribution in [0.5, 0.6) is 5.88 Å². The lowest BCUT2D eigenvalue weighted by atomic mass is 10.1. The number of para-hydroxylation sites is 1. The minimum atomic E-state index is -4.26. The van der Waals surface area contributed by atoms with Crippen LogP contribution in [-0.2, 0) is 22.9 Å². The van der Waals surface area contributed by atoms with Crippen LogP contribution >= 0.6 is 11.6 Å². The van der Waals surface area contributed by atoms with E-state index in [1.54, 1.807) is 28.9 Å². The third-order valence-electron chi connectivity index (χ3n) is 8.20. The fraction of sp³-hybridized carbons (Fsp3) is 0.114. The minimum Gasteiger partial charge on any atom is -0.494 e. The summed E-state index contributed by atoms with van der Waals surface area (Å²) in [6.45, 7) is 1.92. The SMILES string of the molecule is Cc1ccc(-n2nc3c(c2/N=C/c2c(O)n(-c4cccc(S(=O)(=O)Nc5ccccc5F)c4)c(=O)c4ccccc24)CCC3)cc1Cl. The number of pyridine rings is 1. The Bertz CT molecular complexity index is 2420. The van der Waals surface area contributed by atoms with Crippen LogP contribution in [0, 0.1) is 12.7 Å². The molecule has 0 radical (unpaired) electrons. The highest BCUT2D eigenvalue weighted by Crippen LogP contribution is 2.35. The second-order valence-electron chi connectivity index (χ2n) is 11.2. The van der Waals surface area contributed by atoms with Gasteiger partial charge in [-0.15, -0.1) is 0 Å². The quantitative estimate of drug-likeness (QED) is 0.177. The zero-order valence-electron chi connectivity index (χ0n) is 25.0. The van der Waals surface area contributed by atoms with Gasteiger partial charge in [0.05, 0.1) is 33.2 Å². The van der Waals surface area contributed by atoms with Gasteiger partial charge in [0.2, 0.25) is 5.88 Å². The van der Waals surface area contributed by atoms with Crippen molar-refractivity contribution in [2.75, 3.05) is 4.72 Å². The summed E-state index contributed by atoms with van der Waals surface area (Å²) in [4.78, 5) is 18.4. The topological polar surface area (TPSA) is 119 Å². The molecule has 1 aliphatic rings. The number of rotatable bonds is 7. The third-order valence-corrected chi connectivity index (χ3v) is 9.97. The van der Waals surface area contributed by atoms with Crippen molar-refractivity contribution in [2.24, 2.45) is 4.99 Å². The highest BCUT2D eigenvalue weighted by Gasteiger charge is 2.24. The maximum Gasteiger partial charge on any atom is 0.265 e. The van der Waals surface area contributed by atoms with Crippen molar-refractivity contribution >= 4 is 50.1 Å². The van der Waals surface area contributed by atoms with E-state index in [0.717, 1.165) is 52.4 Å². The zero-order valence-corrected chi connectivity index (χ0v) is 26.6. The number of hydrogen-bond acceptors (Lipinski definition) is 6. The molecule has 1 aliphatic carbocycles. The third kappa shape index (κ3) is 5.47. The summed E-state index contributed by atoms with van der Waals surface area (Å²) < 4.78 is 45.7. The number of aryl methyl sites for hydroxylation is 2. The molecule has 2 heterocycles. The lowest BCUT2D eigenvalue weighted by Crippen LogP contribution is -2.21. The first-order valence-electron chi connectivity index (χ1n) is 14.8. The Morgan fingerprint density at radius 3 is 2.51 bits per heavy atom. The number of fused-ring (bicyclic) bond motifs is 2. The van der Waals surface area contributed by atoms with Gasteiger partial charge >= 0.3 is 0 Å². The van der Waals surface area contributed by atoms with Gasteiger partial charge in [-0.3, -0.25) is 9.52 Å². The number of sulfonamides is 1. The molecule has 6 aromatic rings. The molecule has 0 aliphatic heterocycles. The first kappa shape index (κ1) is 30.4. The van der Waals surface area contributed by atoms with Gasteiger partial charge in [-0.25, -0.2) is 27.0 Å². The number of aromatic nitrogens is 3. The van der Waals surface area contributed by atoms with Crippen LogP contribution in [0.2, 0.25) is 5.02 Å². The molecular weight excluding hydrogens is 641 g/mol. The Morgan fingerprint density at radius 2 is 1.72 bits per heavy atom. The number of aromatic hydroxyl groups is 1. The molecule has 0 saturated carbocycles. The van der Waals surface area contributed by atoms with E-state index in [9.17, 15) is 22.7 Å². The van der Waals surface area contributed by atoms with Crippen LogP contribution in [0.4, 0.5) is 15.9 Å². The molecule has 0 amide bonds. The Labute approximate surface area is 274 Å². The van der Waals surface area contributed by atoms with E-state index in [2.05, 4.69) is 4.72 Å². The number of nitrogens with one attached hydrogen (secondary N) is 1. The minimum absolute atomic E-state index is 0.0875. The van der Waals surface area contributed by atoms with Gasteiger partial charge in [0.15, 0.2) is 5.82 Å². The molecule has 12 heteroatoms. The van der Waals surface area contributed by atoms with Gasteiger partial charge in [-0.1, -0.05) is 54.1 Å². The van der Waals surface area contributed by atoms with E-state index in [1.807, 2.05) is 25.1 Å². The lowest BCUT2D eigenvalue weighted by molar-refractivity contribution is 0.436. The summed E-state index contributed by atoms with van der Waals surface area (Å²) in [5.41, 5.74) is 3.16. The summed E-state index contributed by atoms with van der Waals surface area (Å²) in [7, 11) is -4.26. The Morgan fingerprint density at radius 1 is 0.957 bits per heavy atom. The molecule has 0 saturated heterocycles. The molecule has 0 fully saturated rings. The fourth-order valence-corrected chi connectivity index (χ4v) is 7.07. The smallest absolute Gasteiger partial charge is 0.265 e. The van der Waals surface area contributed by atoms with Crippen LogP contribution < -0.4 is 10.3 Å². The Balaban J connectivity index is 1.36. The monoisotopic (exact) mass is 667 g/mol. The molecule has 0 unspecified atom stereocenters. The van der Waals surface area contributed by atoms with Crippen molar-refractivity contribution in [1.82, 2.24) is 14.3 Å². The number of halogens is 2. The summed E-state index contributed by atoms with van der Waals surface area (Å²) >= 11 is 6.44. The van der Waals surface area contributed by atoms with Gasteiger partial charge in [0, 0.05) is 27.6 Å². The summed E-state index contributed by atoms with van der Waals surface area (Å²) in [5.74, 6) is -0.585. The summed E-state index contributed by atoms with van der Waals surface area (Å²) in [6, 6.07) is 23.3. The van der Waals surface area contributed by atoms with E-state index in [1.165, 1.54) is 48.7 Å². The molecule has 2 N–H and O–H groups in total. The molecule has 7 rings (SSSR count). The van der Waals surface area contributed by atoms with Crippen LogP contribution in [0.1, 0.15) is 28.8 Å². The molecule has 2 aromatic heterocycles. The maximum atomic E-state index is 14.3. The average Bonchev–Trinajstić information content (AvgIpc) is 3.66. The average molecular weight is 668 g/mol. The Kier molecular flexibility index (Phi) is 7.65. The molecular formula is C35H27ClFN5O4S. The van der Waals surface area contributed by atoms with Crippen LogP contribution in [-0.4, -0.2) is 34.1 Å². The van der Waals surface area contributed by atoms with Gasteiger partial charge in [0.25, 0.3) is 15.6 Å². The van der Waals surface area contributed by atoms with Gasteiger partial charge in [-0.2, -0.15) is 5.10 Å². The van der Waals surface area contributed by atoms with E-state index in [-0.39, 0.29) is 27.2 Å². The maximum absolute atomic E-state index is 14.3. The van der Waals surface area contributed by atoms with E-state index < -0.39 is 27.3 Å². The molecule has 236 valence electrons. The van der Waals surface area contributed by atoms with Crippen molar-refractivity contribution < 1.29 is 17.9 Å². The second-order valence-corrected chi connectivity index (χ2v) is 13.3. The largest absolute Gasteiger partial charge is 0.494 e. The van der Waals surface area contributed by atoms with Crippen LogP contribution in [0.25, 0.3) is 22.1 Å². The van der Waals surface area contributed by atoms with E-state index in [4.69, 9.17) is 21.7 Å². The van der Waals surface area contributed by atoms with Crippen molar-refractivity contribution in [3.8, 4) is 17.3 Å². The first-order valence-corrected chi connectivity index (χ1v) is 16.6. The molecule has 9 nitrogen and oxygen atoms in total. The van der Waals surface area contributed by atoms with E-state index >= 15 is 0 Å². The number of aliphatic imine (C=N–C) groups is 1. The predicted octanol–water partition coefficient (Wildman–Crippen LogP) is 7.02. The summed E-state index contributed by atoms with van der Waals surface area (Å²) in [5, 5.41) is 17.8. The number of anilines is 1. The lowest BCUT2D eigenvalue weighted by Gasteiger charge is -2.15. The van der Waals surface area contributed by atoms with Gasteiger partial charge in [-0.05, 0) is 80.3 Å². The van der Waals surface area contributed by atoms with Crippen molar-refractivity contribution in [2.45, 2.75) is 31.1 Å². The van der Waals surface area contributed by atoms with Crippen molar-refractivity contribution in [3.63, 3.8) is 0 Å². The summed E-state index contributed by atoms with van der Waals surface area (Å²) in [6.07, 6.45) is 4.04. The second kappa shape index (κ2) is 11.8. The standard InChI is InChI=1S/C35H27ClFN5O4S/c1-21-16-17-23(19-29(21)36)42-33(27-12-7-15-31(27)39-42)38-20-28-25-10-2-3-11-26(25)34(43)41(35(28)44)22-8-6-9-24(18-22)47(45,46)40-32-14-5-4-13-30(32)37/h2-6,8-11,13-14,16-20,40,44H,7,12,15H2,1H3/b38-20+. The van der Waals surface area contributed by atoms with Crippen LogP contribution in [0.15, 0.2) is 106 Å². The molecule has 47 heavy (non-hydrogen) atoms. The predicted molar refractivity (Wildman–Crippen MR) is 181 cm³/mol. The number of benzene rings is 4. The van der Waals surface area contributed by atoms with Crippen molar-refractivity contribution in [1.29, 1.82) is 0 Å². The van der Waals surface area contributed by atoms with Gasteiger partial charge in [0.1, 0.15) is 5.82 Å². The number of nitrogens with zero attached hydrogens (tertiary/aromatic N) is 4. The fourth-order valence-electron chi connectivity index (χ4n) is 5.79. The van der Waals surface area contributed by atoms with E-state index in [0.29, 0.717) is 16.2 Å². The first-order chi connectivity index (χ1) is 22.6. The van der Waals surface area contributed by atoms with Gasteiger partial charge < -0.3 is 5.11 Å². The number of hydrogen-bond donors (Lipinski definition) is 2. The molecule has 0 bridgehead atoms.